The molecule has 182 valence electrons. The standard InChI is InChI=1S/C21H29N3O8S/c25-16-12-18(21(28)29)24(13-16)20(27)17(6-7-19(26)23-8-10-32-11-9-23)22-33(30,31)14-15-4-2-1-3-5-15/h1-5,16-18,22,25H,6-14H2,(H,28,29)/t16-,17+,18?/m0/s1. The number of hydrogen-bond donors (Lipinski definition) is 3. The Hall–Kier alpha value is -2.54. The van der Waals surface area contributed by atoms with Crippen molar-refractivity contribution in [3.8, 4) is 0 Å². The van der Waals surface area contributed by atoms with E-state index in [0.29, 0.717) is 31.9 Å². The van der Waals surface area contributed by atoms with Crippen molar-refractivity contribution in [3.63, 3.8) is 0 Å². The highest BCUT2D eigenvalue weighted by Gasteiger charge is 2.42. The van der Waals surface area contributed by atoms with Crippen LogP contribution in [0.3, 0.4) is 0 Å². The fourth-order valence-electron chi connectivity index (χ4n) is 4.02. The number of carboxylic acids is 1. The number of carbonyl (C=O) groups is 3. The number of aliphatic carboxylic acids is 1. The zero-order valence-corrected chi connectivity index (χ0v) is 18.9. The van der Waals surface area contributed by atoms with E-state index in [1.165, 1.54) is 0 Å². The second-order valence-corrected chi connectivity index (χ2v) is 9.93. The van der Waals surface area contributed by atoms with Gasteiger partial charge in [0.25, 0.3) is 0 Å². The molecule has 2 aliphatic heterocycles. The van der Waals surface area contributed by atoms with E-state index < -0.39 is 40.1 Å². The summed E-state index contributed by atoms with van der Waals surface area (Å²) >= 11 is 0. The number of aliphatic hydroxyl groups excluding tert-OH is 1. The Morgan fingerprint density at radius 2 is 1.82 bits per heavy atom. The van der Waals surface area contributed by atoms with Crippen molar-refractivity contribution >= 4 is 27.8 Å². The number of carbonyl (C=O) groups excluding carboxylic acids is 2. The summed E-state index contributed by atoms with van der Waals surface area (Å²) in [6.07, 6.45) is -1.40. The molecule has 3 atom stereocenters. The Balaban J connectivity index is 1.75. The van der Waals surface area contributed by atoms with Crippen LogP contribution >= 0.6 is 0 Å². The fraction of sp³-hybridized carbons (Fsp3) is 0.571. The molecule has 1 aromatic carbocycles. The monoisotopic (exact) mass is 483 g/mol. The number of ether oxygens (including phenoxy) is 1. The molecular formula is C21H29N3O8S. The Kier molecular flexibility index (Phi) is 8.40. The highest BCUT2D eigenvalue weighted by molar-refractivity contribution is 7.88. The number of nitrogens with zero attached hydrogens (tertiary/aromatic N) is 2. The van der Waals surface area contributed by atoms with E-state index in [2.05, 4.69) is 4.72 Å². The van der Waals surface area contributed by atoms with Gasteiger partial charge < -0.3 is 24.7 Å². The van der Waals surface area contributed by atoms with Gasteiger partial charge in [0, 0.05) is 32.5 Å². The minimum atomic E-state index is -3.98. The summed E-state index contributed by atoms with van der Waals surface area (Å²) in [6.45, 7) is 1.42. The highest BCUT2D eigenvalue weighted by Crippen LogP contribution is 2.21. The van der Waals surface area contributed by atoms with Crippen LogP contribution in [-0.2, 0) is 34.9 Å². The maximum absolute atomic E-state index is 13.2. The van der Waals surface area contributed by atoms with Gasteiger partial charge in [0.1, 0.15) is 12.1 Å². The first-order valence-electron chi connectivity index (χ1n) is 10.8. The number of β-amino-alcohol motifs (C(OH)–C–C–N with tert-alkyl or cyclic N) is 1. The molecule has 3 N–H and O–H groups in total. The lowest BCUT2D eigenvalue weighted by molar-refractivity contribution is -0.149. The minimum Gasteiger partial charge on any atom is -0.480 e. The first kappa shape index (κ1) is 25.1. The number of amides is 2. The van der Waals surface area contributed by atoms with Gasteiger partial charge in [-0.2, -0.15) is 0 Å². The molecule has 11 nitrogen and oxygen atoms in total. The lowest BCUT2D eigenvalue weighted by Crippen LogP contribution is -2.52. The number of nitrogens with one attached hydrogen (secondary N) is 1. The zero-order chi connectivity index (χ0) is 24.0. The van der Waals surface area contributed by atoms with Crippen LogP contribution in [0.1, 0.15) is 24.8 Å². The van der Waals surface area contributed by atoms with Crippen LogP contribution in [0, 0.1) is 0 Å². The summed E-state index contributed by atoms with van der Waals surface area (Å²) in [5.41, 5.74) is 0.514. The fourth-order valence-corrected chi connectivity index (χ4v) is 5.38. The number of carboxylic acid groups (broad SMARTS) is 1. The number of morpholine rings is 1. The third-order valence-electron chi connectivity index (χ3n) is 5.68. The minimum absolute atomic E-state index is 0.0988. The quantitative estimate of drug-likeness (QED) is 0.411. The highest BCUT2D eigenvalue weighted by atomic mass is 32.2. The number of aliphatic hydroxyl groups is 1. The second-order valence-electron chi connectivity index (χ2n) is 8.18. The SMILES string of the molecule is O=C(O)C1C[C@H](O)CN1C(=O)[C@@H](CCC(=O)N1CCOCC1)NS(=O)(=O)Cc1ccccc1. The largest absolute Gasteiger partial charge is 0.480 e. The maximum Gasteiger partial charge on any atom is 0.326 e. The maximum atomic E-state index is 13.2. The van der Waals surface area contributed by atoms with Gasteiger partial charge in [-0.1, -0.05) is 30.3 Å². The molecule has 3 rings (SSSR count). The van der Waals surface area contributed by atoms with E-state index in [9.17, 15) is 33.0 Å². The Morgan fingerprint density at radius 1 is 1.15 bits per heavy atom. The molecule has 0 spiro atoms. The second kappa shape index (κ2) is 11.1. The topological polar surface area (TPSA) is 154 Å². The molecule has 2 saturated heterocycles. The Labute approximate surface area is 192 Å². The molecule has 0 bridgehead atoms. The Morgan fingerprint density at radius 3 is 2.45 bits per heavy atom. The van der Waals surface area contributed by atoms with E-state index in [0.717, 1.165) is 4.90 Å². The van der Waals surface area contributed by atoms with Crippen LogP contribution in [-0.4, -0.2) is 97.3 Å². The molecular weight excluding hydrogens is 454 g/mol. The van der Waals surface area contributed by atoms with E-state index in [1.54, 1.807) is 35.2 Å². The van der Waals surface area contributed by atoms with Crippen LogP contribution in [0.5, 0.6) is 0 Å². The third kappa shape index (κ3) is 6.97. The summed E-state index contributed by atoms with van der Waals surface area (Å²) in [7, 11) is -3.98. The van der Waals surface area contributed by atoms with Crippen molar-refractivity contribution in [3.05, 3.63) is 35.9 Å². The van der Waals surface area contributed by atoms with E-state index in [-0.39, 0.29) is 37.5 Å². The van der Waals surface area contributed by atoms with Crippen LogP contribution in [0.2, 0.25) is 0 Å². The van der Waals surface area contributed by atoms with Gasteiger partial charge in [0.2, 0.25) is 21.8 Å². The molecule has 12 heteroatoms. The van der Waals surface area contributed by atoms with Crippen LogP contribution < -0.4 is 4.72 Å². The molecule has 2 amide bonds. The van der Waals surface area contributed by atoms with Gasteiger partial charge >= 0.3 is 5.97 Å². The van der Waals surface area contributed by atoms with Crippen molar-refractivity contribution in [1.82, 2.24) is 14.5 Å². The molecule has 1 aromatic rings. The van der Waals surface area contributed by atoms with Gasteiger partial charge in [0.05, 0.1) is 25.1 Å². The normalized spacial score (nSPS) is 22.2. The summed E-state index contributed by atoms with van der Waals surface area (Å²) in [5.74, 6) is -2.67. The number of sulfonamides is 1. The molecule has 2 heterocycles. The Bertz CT molecular complexity index is 950. The summed E-state index contributed by atoms with van der Waals surface area (Å²) in [5, 5.41) is 19.3. The molecule has 0 aliphatic carbocycles. The summed E-state index contributed by atoms with van der Waals surface area (Å²) < 4.78 is 33.2. The summed E-state index contributed by atoms with van der Waals surface area (Å²) in [4.78, 5) is 39.9. The molecule has 0 aromatic heterocycles. The first-order valence-corrected chi connectivity index (χ1v) is 12.4. The number of benzene rings is 1. The van der Waals surface area contributed by atoms with Crippen molar-refractivity contribution in [2.24, 2.45) is 0 Å². The van der Waals surface area contributed by atoms with E-state index in [4.69, 9.17) is 4.74 Å². The first-order chi connectivity index (χ1) is 15.7. The average molecular weight is 484 g/mol. The van der Waals surface area contributed by atoms with Crippen molar-refractivity contribution < 1.29 is 37.8 Å². The van der Waals surface area contributed by atoms with Gasteiger partial charge in [-0.25, -0.2) is 17.9 Å². The number of rotatable bonds is 9. The number of hydrogen-bond acceptors (Lipinski definition) is 7. The smallest absolute Gasteiger partial charge is 0.326 e. The predicted octanol–water partition coefficient (Wildman–Crippen LogP) is -0.840. The van der Waals surface area contributed by atoms with Crippen LogP contribution in [0.15, 0.2) is 30.3 Å². The lowest BCUT2D eigenvalue weighted by atomic mass is 10.1. The van der Waals surface area contributed by atoms with Gasteiger partial charge in [-0.05, 0) is 12.0 Å². The summed E-state index contributed by atoms with van der Waals surface area (Å²) in [6, 6.07) is 5.80. The molecule has 33 heavy (non-hydrogen) atoms. The van der Waals surface area contributed by atoms with E-state index >= 15 is 0 Å². The molecule has 1 unspecified atom stereocenters. The van der Waals surface area contributed by atoms with Gasteiger partial charge in [-0.15, -0.1) is 0 Å². The van der Waals surface area contributed by atoms with Crippen LogP contribution in [0.25, 0.3) is 0 Å². The molecule has 2 aliphatic rings. The van der Waals surface area contributed by atoms with E-state index in [1.807, 2.05) is 0 Å². The van der Waals surface area contributed by atoms with Crippen molar-refractivity contribution in [2.45, 2.75) is 43.2 Å². The average Bonchev–Trinajstić information content (AvgIpc) is 3.19. The van der Waals surface area contributed by atoms with Crippen molar-refractivity contribution in [2.75, 3.05) is 32.8 Å². The number of likely N-dealkylation sites (tertiary alicyclic amines) is 1. The van der Waals surface area contributed by atoms with Crippen molar-refractivity contribution in [1.29, 1.82) is 0 Å². The molecule has 2 fully saturated rings. The molecule has 0 saturated carbocycles. The van der Waals surface area contributed by atoms with Gasteiger partial charge in [0.15, 0.2) is 0 Å². The zero-order valence-electron chi connectivity index (χ0n) is 18.1. The molecule has 0 radical (unpaired) electrons. The van der Waals surface area contributed by atoms with Gasteiger partial charge in [-0.3, -0.25) is 9.59 Å². The predicted molar refractivity (Wildman–Crippen MR) is 116 cm³/mol. The third-order valence-corrected chi connectivity index (χ3v) is 7.03. The van der Waals surface area contributed by atoms with Crippen LogP contribution in [0.4, 0.5) is 0 Å². The lowest BCUT2D eigenvalue weighted by Gasteiger charge is -2.29.